The molecular formula is C28H43ClO3. The first kappa shape index (κ1) is 26.9. The average Bonchev–Trinajstić information content (AvgIpc) is 3.03. The number of rotatable bonds is 13. The standard InChI is InChI=1S/C28H43ClO3/c1-5-6-9-13-26(30)22-15-17-23(18-16-22)28-21(4)19-25(29)24(28)12-10-7-8-11-14-27(31)32-20(2)3/h7,10,15-18,20-21,24-26,28,30H,5-6,8-9,11-14,19H2,1-4H3/b10-7-/t21-,24+,25?,26+,28-/m1/s1. The molecule has 0 aromatic heterocycles. The lowest BCUT2D eigenvalue weighted by Gasteiger charge is -2.24. The number of benzene rings is 1. The Labute approximate surface area is 200 Å². The van der Waals surface area contributed by atoms with E-state index in [0.717, 1.165) is 44.1 Å². The highest BCUT2D eigenvalue weighted by atomic mass is 35.5. The van der Waals surface area contributed by atoms with E-state index < -0.39 is 0 Å². The lowest BCUT2D eigenvalue weighted by atomic mass is 9.82. The van der Waals surface area contributed by atoms with E-state index in [2.05, 4.69) is 50.3 Å². The fraction of sp³-hybridized carbons (Fsp3) is 0.679. The number of alkyl halides is 1. The highest BCUT2D eigenvalue weighted by Gasteiger charge is 2.40. The molecule has 0 aliphatic heterocycles. The monoisotopic (exact) mass is 462 g/mol. The molecule has 0 amide bonds. The van der Waals surface area contributed by atoms with E-state index in [-0.39, 0.29) is 23.6 Å². The maximum atomic E-state index is 11.6. The number of aliphatic hydroxyl groups is 1. The van der Waals surface area contributed by atoms with Gasteiger partial charge in [0.2, 0.25) is 0 Å². The normalized spacial score (nSPS) is 24.3. The van der Waals surface area contributed by atoms with Gasteiger partial charge in [0.05, 0.1) is 12.2 Å². The molecule has 2 rings (SSSR count). The maximum absolute atomic E-state index is 11.6. The van der Waals surface area contributed by atoms with Crippen molar-refractivity contribution in [2.75, 3.05) is 0 Å². The second-order valence-electron chi connectivity index (χ2n) is 9.73. The molecule has 1 aliphatic rings. The molecule has 1 aromatic carbocycles. The second kappa shape index (κ2) is 14.1. The lowest BCUT2D eigenvalue weighted by Crippen LogP contribution is -2.15. The van der Waals surface area contributed by atoms with E-state index in [9.17, 15) is 9.90 Å². The minimum Gasteiger partial charge on any atom is -0.463 e. The Morgan fingerprint density at radius 2 is 1.91 bits per heavy atom. The molecule has 1 saturated carbocycles. The molecule has 5 atom stereocenters. The predicted molar refractivity (Wildman–Crippen MR) is 134 cm³/mol. The Bertz CT molecular complexity index is 697. The molecule has 0 bridgehead atoms. The van der Waals surface area contributed by atoms with Crippen LogP contribution in [0.2, 0.25) is 0 Å². The van der Waals surface area contributed by atoms with E-state index in [1.807, 2.05) is 13.8 Å². The van der Waals surface area contributed by atoms with Crippen LogP contribution < -0.4 is 0 Å². The van der Waals surface area contributed by atoms with Gasteiger partial charge in [-0.2, -0.15) is 0 Å². The van der Waals surface area contributed by atoms with E-state index in [0.29, 0.717) is 24.2 Å². The quantitative estimate of drug-likeness (QED) is 0.141. The van der Waals surface area contributed by atoms with E-state index in [1.54, 1.807) is 0 Å². The third-order valence-electron chi connectivity index (χ3n) is 6.62. The van der Waals surface area contributed by atoms with Crippen LogP contribution in [0, 0.1) is 11.8 Å². The number of carbonyl (C=O) groups is 1. The Kier molecular flexibility index (Phi) is 11.8. The van der Waals surface area contributed by atoms with Crippen LogP contribution in [0.1, 0.15) is 109 Å². The second-order valence-corrected chi connectivity index (χ2v) is 10.3. The third kappa shape index (κ3) is 8.56. The Balaban J connectivity index is 1.89. The zero-order chi connectivity index (χ0) is 23.5. The van der Waals surface area contributed by atoms with Crippen LogP contribution in [-0.2, 0) is 9.53 Å². The number of halogens is 1. The summed E-state index contributed by atoms with van der Waals surface area (Å²) in [6.45, 7) is 8.24. The van der Waals surface area contributed by atoms with Gasteiger partial charge < -0.3 is 9.84 Å². The summed E-state index contributed by atoms with van der Waals surface area (Å²) in [4.78, 5) is 11.6. The minimum atomic E-state index is -0.367. The molecule has 0 saturated heterocycles. The summed E-state index contributed by atoms with van der Waals surface area (Å²) in [5.74, 6) is 1.28. The van der Waals surface area contributed by atoms with Crippen LogP contribution in [0.25, 0.3) is 0 Å². The number of carbonyl (C=O) groups excluding carboxylic acids is 1. The van der Waals surface area contributed by atoms with Crippen molar-refractivity contribution in [3.05, 3.63) is 47.5 Å². The molecule has 1 fully saturated rings. The summed E-state index contributed by atoms with van der Waals surface area (Å²) >= 11 is 6.77. The largest absolute Gasteiger partial charge is 0.463 e. The zero-order valence-corrected chi connectivity index (χ0v) is 21.2. The number of unbranched alkanes of at least 4 members (excludes halogenated alkanes) is 3. The third-order valence-corrected chi connectivity index (χ3v) is 7.12. The van der Waals surface area contributed by atoms with Crippen molar-refractivity contribution in [1.29, 1.82) is 0 Å². The van der Waals surface area contributed by atoms with Gasteiger partial charge in [-0.25, -0.2) is 0 Å². The van der Waals surface area contributed by atoms with Gasteiger partial charge in [0.15, 0.2) is 0 Å². The van der Waals surface area contributed by atoms with Crippen LogP contribution in [0.5, 0.6) is 0 Å². The minimum absolute atomic E-state index is 0.0432. The van der Waals surface area contributed by atoms with Crippen molar-refractivity contribution < 1.29 is 14.6 Å². The number of ether oxygens (including phenoxy) is 1. The van der Waals surface area contributed by atoms with Gasteiger partial charge in [-0.1, -0.05) is 69.5 Å². The lowest BCUT2D eigenvalue weighted by molar-refractivity contribution is -0.147. The summed E-state index contributed by atoms with van der Waals surface area (Å²) in [6.07, 6.45) is 12.4. The van der Waals surface area contributed by atoms with Gasteiger partial charge >= 0.3 is 5.97 Å². The summed E-state index contributed by atoms with van der Waals surface area (Å²) in [7, 11) is 0. The average molecular weight is 463 g/mol. The molecular weight excluding hydrogens is 420 g/mol. The van der Waals surface area contributed by atoms with Gasteiger partial charge in [0.1, 0.15) is 0 Å². The molecule has 3 nitrogen and oxygen atoms in total. The fourth-order valence-corrected chi connectivity index (χ4v) is 5.49. The van der Waals surface area contributed by atoms with Gasteiger partial charge in [-0.3, -0.25) is 4.79 Å². The van der Waals surface area contributed by atoms with Gasteiger partial charge in [-0.05, 0) is 74.8 Å². The van der Waals surface area contributed by atoms with Crippen LogP contribution in [-0.4, -0.2) is 22.6 Å². The van der Waals surface area contributed by atoms with Gasteiger partial charge in [-0.15, -0.1) is 11.6 Å². The maximum Gasteiger partial charge on any atom is 0.306 e. The molecule has 1 aromatic rings. The molecule has 0 radical (unpaired) electrons. The Morgan fingerprint density at radius 1 is 1.19 bits per heavy atom. The Morgan fingerprint density at radius 3 is 2.56 bits per heavy atom. The van der Waals surface area contributed by atoms with Crippen LogP contribution in [0.3, 0.4) is 0 Å². The first-order valence-electron chi connectivity index (χ1n) is 12.6. The van der Waals surface area contributed by atoms with Crippen LogP contribution >= 0.6 is 11.6 Å². The number of allylic oxidation sites excluding steroid dienone is 2. The van der Waals surface area contributed by atoms with Crippen molar-refractivity contribution >= 4 is 17.6 Å². The van der Waals surface area contributed by atoms with E-state index >= 15 is 0 Å². The summed E-state index contributed by atoms with van der Waals surface area (Å²) in [6, 6.07) is 8.60. The molecule has 1 unspecified atom stereocenters. The number of hydrogen-bond donors (Lipinski definition) is 1. The predicted octanol–water partition coefficient (Wildman–Crippen LogP) is 7.72. The van der Waals surface area contributed by atoms with Crippen LogP contribution in [0.4, 0.5) is 0 Å². The fourth-order valence-electron chi connectivity index (χ4n) is 4.95. The van der Waals surface area contributed by atoms with Crippen molar-refractivity contribution in [3.63, 3.8) is 0 Å². The van der Waals surface area contributed by atoms with Crippen molar-refractivity contribution in [2.24, 2.45) is 11.8 Å². The highest BCUT2D eigenvalue weighted by molar-refractivity contribution is 6.21. The first-order chi connectivity index (χ1) is 15.3. The highest BCUT2D eigenvalue weighted by Crippen LogP contribution is 2.48. The molecule has 1 N–H and O–H groups in total. The van der Waals surface area contributed by atoms with Gasteiger partial charge in [0, 0.05) is 11.8 Å². The summed E-state index contributed by atoms with van der Waals surface area (Å²) in [5.41, 5.74) is 2.35. The topological polar surface area (TPSA) is 46.5 Å². The smallest absolute Gasteiger partial charge is 0.306 e. The molecule has 1 aliphatic carbocycles. The molecule has 4 heteroatoms. The first-order valence-corrected chi connectivity index (χ1v) is 13.0. The Hall–Kier alpha value is -1.32. The summed E-state index contributed by atoms with van der Waals surface area (Å²) in [5, 5.41) is 10.6. The zero-order valence-electron chi connectivity index (χ0n) is 20.4. The van der Waals surface area contributed by atoms with Crippen molar-refractivity contribution in [1.82, 2.24) is 0 Å². The van der Waals surface area contributed by atoms with Crippen molar-refractivity contribution in [3.8, 4) is 0 Å². The van der Waals surface area contributed by atoms with E-state index in [4.69, 9.17) is 16.3 Å². The number of esters is 1. The molecule has 0 spiro atoms. The summed E-state index contributed by atoms with van der Waals surface area (Å²) < 4.78 is 5.18. The van der Waals surface area contributed by atoms with E-state index in [1.165, 1.54) is 18.4 Å². The molecule has 32 heavy (non-hydrogen) atoms. The SMILES string of the molecule is CCCCC[C@H](O)c1ccc([C@H]2[C@H](C)CC(Cl)[C@@H]2C/C=C\CCCC(=O)OC(C)C)cc1. The van der Waals surface area contributed by atoms with Gasteiger partial charge in [0.25, 0.3) is 0 Å². The molecule has 0 heterocycles. The van der Waals surface area contributed by atoms with Crippen molar-refractivity contribution in [2.45, 2.75) is 109 Å². The number of aliphatic hydroxyl groups excluding tert-OH is 1. The van der Waals surface area contributed by atoms with Crippen LogP contribution in [0.15, 0.2) is 36.4 Å². The molecule has 180 valence electrons. The number of hydrogen-bond acceptors (Lipinski definition) is 3.